The van der Waals surface area contributed by atoms with Gasteiger partial charge >= 0.3 is 0 Å². The Morgan fingerprint density at radius 2 is 1.96 bits per heavy atom. The lowest BCUT2D eigenvalue weighted by Gasteiger charge is -2.24. The zero-order chi connectivity index (χ0) is 16.6. The normalized spacial score (nSPS) is 17.0. The van der Waals surface area contributed by atoms with Crippen LogP contribution in [0.4, 0.5) is 0 Å². The molecule has 1 aromatic carbocycles. The van der Waals surface area contributed by atoms with E-state index in [1.807, 2.05) is 30.6 Å². The second-order valence-corrected chi connectivity index (χ2v) is 6.98. The Morgan fingerprint density at radius 1 is 1.17 bits per heavy atom. The number of rotatable bonds is 8. The Morgan fingerprint density at radius 3 is 2.75 bits per heavy atom. The summed E-state index contributed by atoms with van der Waals surface area (Å²) in [5, 5.41) is 0. The maximum atomic E-state index is 6.39. The molecule has 0 unspecified atom stereocenters. The van der Waals surface area contributed by atoms with E-state index >= 15 is 0 Å². The van der Waals surface area contributed by atoms with Crippen LogP contribution < -0.4 is 5.73 Å². The molecule has 2 aromatic rings. The van der Waals surface area contributed by atoms with Crippen LogP contribution in [0.25, 0.3) is 0 Å². The maximum absolute atomic E-state index is 6.39. The summed E-state index contributed by atoms with van der Waals surface area (Å²) in [4.78, 5) is 4.48. The summed E-state index contributed by atoms with van der Waals surface area (Å²) in [5.74, 6) is 1.85. The van der Waals surface area contributed by atoms with Crippen molar-refractivity contribution in [2.75, 3.05) is 0 Å². The minimum absolute atomic E-state index is 0.198. The second-order valence-electron chi connectivity index (χ2n) is 6.98. The molecule has 2 N–H and O–H groups in total. The molecule has 130 valence electrons. The number of nitrogens with two attached hydrogens (primary N) is 1. The number of hydrogen-bond donors (Lipinski definition) is 1. The highest BCUT2D eigenvalue weighted by Gasteiger charge is 2.18. The fourth-order valence-electron chi connectivity index (χ4n) is 3.65. The van der Waals surface area contributed by atoms with E-state index in [2.05, 4.69) is 21.7 Å². The zero-order valence-electron chi connectivity index (χ0n) is 14.4. The van der Waals surface area contributed by atoms with Gasteiger partial charge in [-0.2, -0.15) is 0 Å². The number of hydrogen-bond acceptors (Lipinski definition) is 3. The summed E-state index contributed by atoms with van der Waals surface area (Å²) >= 11 is 0. The van der Waals surface area contributed by atoms with Crippen molar-refractivity contribution in [2.24, 2.45) is 11.7 Å². The van der Waals surface area contributed by atoms with Crippen LogP contribution >= 0.6 is 0 Å². The van der Waals surface area contributed by atoms with Gasteiger partial charge < -0.3 is 15.0 Å². The first-order valence-electron chi connectivity index (χ1n) is 9.18. The number of nitrogens with zero attached hydrogens (tertiary/aromatic N) is 2. The van der Waals surface area contributed by atoms with Gasteiger partial charge in [-0.3, -0.25) is 0 Å². The highest BCUT2D eigenvalue weighted by molar-refractivity contribution is 5.13. The zero-order valence-corrected chi connectivity index (χ0v) is 14.4. The van der Waals surface area contributed by atoms with E-state index in [9.17, 15) is 0 Å². The molecule has 0 radical (unpaired) electrons. The Labute approximate surface area is 145 Å². The predicted octanol–water partition coefficient (Wildman–Crippen LogP) is 3.90. The van der Waals surface area contributed by atoms with E-state index in [1.54, 1.807) is 0 Å². The molecule has 1 heterocycles. The molecule has 0 saturated heterocycles. The summed E-state index contributed by atoms with van der Waals surface area (Å²) in [5.41, 5.74) is 7.58. The molecule has 1 atom stereocenters. The Balaban J connectivity index is 1.45. The molecule has 1 fully saturated rings. The molecule has 4 nitrogen and oxygen atoms in total. The van der Waals surface area contributed by atoms with E-state index in [-0.39, 0.29) is 6.04 Å². The molecule has 3 rings (SSSR count). The molecular weight excluding hydrogens is 298 g/mol. The number of imidazole rings is 1. The van der Waals surface area contributed by atoms with Gasteiger partial charge in [0, 0.05) is 24.9 Å². The Hall–Kier alpha value is -1.65. The van der Waals surface area contributed by atoms with Gasteiger partial charge in [-0.25, -0.2) is 4.98 Å². The molecule has 24 heavy (non-hydrogen) atoms. The van der Waals surface area contributed by atoms with Crippen LogP contribution in [0.5, 0.6) is 0 Å². The van der Waals surface area contributed by atoms with Crippen molar-refractivity contribution < 1.29 is 4.74 Å². The predicted molar refractivity (Wildman–Crippen MR) is 96.3 cm³/mol. The van der Waals surface area contributed by atoms with Crippen molar-refractivity contribution in [2.45, 2.75) is 64.3 Å². The molecule has 1 saturated carbocycles. The minimum atomic E-state index is 0.198. The van der Waals surface area contributed by atoms with E-state index in [0.29, 0.717) is 13.3 Å². The monoisotopic (exact) mass is 327 g/mol. The van der Waals surface area contributed by atoms with Crippen molar-refractivity contribution >= 4 is 0 Å². The first-order valence-corrected chi connectivity index (χ1v) is 9.18. The summed E-state index contributed by atoms with van der Waals surface area (Å²) in [6.45, 7) is 1.15. The molecule has 1 aliphatic carbocycles. The van der Waals surface area contributed by atoms with Crippen LogP contribution in [0, 0.1) is 5.92 Å². The SMILES string of the molecule is N[C@H](Cc1nccn1COCc1ccccc1)CC1CCCCC1. The average Bonchev–Trinajstić information content (AvgIpc) is 3.04. The summed E-state index contributed by atoms with van der Waals surface area (Å²) in [6.07, 6.45) is 12.6. The first-order chi connectivity index (χ1) is 11.8. The molecule has 4 heteroatoms. The fourth-order valence-corrected chi connectivity index (χ4v) is 3.65. The summed E-state index contributed by atoms with van der Waals surface area (Å²) < 4.78 is 7.89. The minimum Gasteiger partial charge on any atom is -0.356 e. The van der Waals surface area contributed by atoms with Gasteiger partial charge in [0.15, 0.2) is 0 Å². The van der Waals surface area contributed by atoms with E-state index < -0.39 is 0 Å². The van der Waals surface area contributed by atoms with Crippen LogP contribution in [0.15, 0.2) is 42.7 Å². The lowest BCUT2D eigenvalue weighted by molar-refractivity contribution is 0.0619. The van der Waals surface area contributed by atoms with Crippen molar-refractivity contribution in [1.82, 2.24) is 9.55 Å². The third-order valence-electron chi connectivity index (χ3n) is 4.95. The van der Waals surface area contributed by atoms with E-state index in [1.165, 1.54) is 37.7 Å². The summed E-state index contributed by atoms with van der Waals surface area (Å²) in [6, 6.07) is 10.4. The number of aromatic nitrogens is 2. The van der Waals surface area contributed by atoms with Crippen molar-refractivity contribution in [3.05, 3.63) is 54.1 Å². The Bertz CT molecular complexity index is 590. The van der Waals surface area contributed by atoms with Crippen molar-refractivity contribution in [3.63, 3.8) is 0 Å². The number of benzene rings is 1. The standard InChI is InChI=1S/C20H29N3O/c21-19(13-17-7-3-1-4-8-17)14-20-22-11-12-23(20)16-24-15-18-9-5-2-6-10-18/h2,5-6,9-12,17,19H,1,3-4,7-8,13-16,21H2/t19-/m0/s1. The maximum Gasteiger partial charge on any atom is 0.124 e. The Kier molecular flexibility index (Phi) is 6.44. The molecule has 0 bridgehead atoms. The highest BCUT2D eigenvalue weighted by Crippen LogP contribution is 2.27. The molecular formula is C20H29N3O. The molecule has 0 aliphatic heterocycles. The third kappa shape index (κ3) is 5.18. The molecule has 1 aromatic heterocycles. The largest absolute Gasteiger partial charge is 0.356 e. The fraction of sp³-hybridized carbons (Fsp3) is 0.550. The van der Waals surface area contributed by atoms with Gasteiger partial charge in [-0.05, 0) is 17.9 Å². The number of ether oxygens (including phenoxy) is 1. The highest BCUT2D eigenvalue weighted by atomic mass is 16.5. The van der Waals surface area contributed by atoms with Crippen LogP contribution in [0.2, 0.25) is 0 Å². The van der Waals surface area contributed by atoms with Gasteiger partial charge in [0.05, 0.1) is 6.61 Å². The van der Waals surface area contributed by atoms with Crippen molar-refractivity contribution in [1.29, 1.82) is 0 Å². The molecule has 0 amide bonds. The summed E-state index contributed by atoms with van der Waals surface area (Å²) in [7, 11) is 0. The quantitative estimate of drug-likeness (QED) is 0.800. The van der Waals surface area contributed by atoms with Crippen molar-refractivity contribution in [3.8, 4) is 0 Å². The van der Waals surface area contributed by atoms with Gasteiger partial charge in [-0.1, -0.05) is 62.4 Å². The van der Waals surface area contributed by atoms with Gasteiger partial charge in [0.25, 0.3) is 0 Å². The van der Waals surface area contributed by atoms with Crippen LogP contribution in [0.3, 0.4) is 0 Å². The third-order valence-corrected chi connectivity index (χ3v) is 4.95. The smallest absolute Gasteiger partial charge is 0.124 e. The van der Waals surface area contributed by atoms with E-state index in [4.69, 9.17) is 10.5 Å². The second kappa shape index (κ2) is 9.00. The average molecular weight is 327 g/mol. The van der Waals surface area contributed by atoms with Crippen LogP contribution in [0.1, 0.15) is 49.9 Å². The van der Waals surface area contributed by atoms with Crippen LogP contribution in [-0.4, -0.2) is 15.6 Å². The van der Waals surface area contributed by atoms with E-state index in [0.717, 1.165) is 24.6 Å². The lowest BCUT2D eigenvalue weighted by Crippen LogP contribution is -2.28. The molecule has 1 aliphatic rings. The van der Waals surface area contributed by atoms with Gasteiger partial charge in [0.1, 0.15) is 12.6 Å². The first kappa shape index (κ1) is 17.2. The molecule has 0 spiro atoms. The van der Waals surface area contributed by atoms with Gasteiger partial charge in [-0.15, -0.1) is 0 Å². The lowest BCUT2D eigenvalue weighted by atomic mass is 9.84. The van der Waals surface area contributed by atoms with Gasteiger partial charge in [0.2, 0.25) is 0 Å². The van der Waals surface area contributed by atoms with Crippen LogP contribution in [-0.2, 0) is 24.5 Å². The topological polar surface area (TPSA) is 53.1 Å².